The van der Waals surface area contributed by atoms with Crippen molar-refractivity contribution < 1.29 is 0 Å². The maximum atomic E-state index is 5.83. The highest BCUT2D eigenvalue weighted by atomic mass is 79.9. The van der Waals surface area contributed by atoms with Crippen LogP contribution in [0.25, 0.3) is 0 Å². The summed E-state index contributed by atoms with van der Waals surface area (Å²) in [4.78, 5) is 6.54. The van der Waals surface area contributed by atoms with E-state index < -0.39 is 0 Å². The standard InChI is InChI=1S/C13H23BrN4/c1-8(2)11(7-18(4)5)17-13-12(14)9(3)10(15)6-16-13/h6,8,11H,7,15H2,1-5H3,(H,16,17). The van der Waals surface area contributed by atoms with E-state index >= 15 is 0 Å². The van der Waals surface area contributed by atoms with Crippen LogP contribution >= 0.6 is 15.9 Å². The number of aromatic nitrogens is 1. The van der Waals surface area contributed by atoms with Crippen molar-refractivity contribution in [3.05, 3.63) is 16.2 Å². The quantitative estimate of drug-likeness (QED) is 0.877. The normalized spacial score (nSPS) is 13.1. The molecule has 1 atom stereocenters. The van der Waals surface area contributed by atoms with Crippen molar-refractivity contribution in [2.75, 3.05) is 31.7 Å². The molecule has 0 radical (unpaired) electrons. The number of halogens is 1. The highest BCUT2D eigenvalue weighted by molar-refractivity contribution is 9.10. The van der Waals surface area contributed by atoms with Crippen molar-refractivity contribution >= 4 is 27.4 Å². The predicted molar refractivity (Wildman–Crippen MR) is 81.9 cm³/mol. The Morgan fingerprint density at radius 1 is 1.44 bits per heavy atom. The Bertz CT molecular complexity index is 404. The van der Waals surface area contributed by atoms with Crippen molar-refractivity contribution in [2.24, 2.45) is 5.92 Å². The fraction of sp³-hybridized carbons (Fsp3) is 0.615. The van der Waals surface area contributed by atoms with Crippen LogP contribution in [0.15, 0.2) is 10.7 Å². The van der Waals surface area contributed by atoms with E-state index in [0.717, 1.165) is 22.4 Å². The fourth-order valence-electron chi connectivity index (χ4n) is 1.68. The molecule has 1 unspecified atom stereocenters. The van der Waals surface area contributed by atoms with E-state index in [4.69, 9.17) is 5.73 Å². The average Bonchev–Trinajstić information content (AvgIpc) is 2.28. The van der Waals surface area contributed by atoms with Gasteiger partial charge in [0.15, 0.2) is 0 Å². The third-order valence-electron chi connectivity index (χ3n) is 2.99. The lowest BCUT2D eigenvalue weighted by atomic mass is 10.0. The molecule has 0 aliphatic carbocycles. The Labute approximate surface area is 118 Å². The van der Waals surface area contributed by atoms with Gasteiger partial charge >= 0.3 is 0 Å². The molecular weight excluding hydrogens is 292 g/mol. The number of nitrogens with two attached hydrogens (primary N) is 1. The molecule has 1 aromatic heterocycles. The first kappa shape index (κ1) is 15.2. The van der Waals surface area contributed by atoms with Crippen LogP contribution in [0.1, 0.15) is 19.4 Å². The van der Waals surface area contributed by atoms with Crippen LogP contribution < -0.4 is 11.1 Å². The number of nitrogen functional groups attached to an aromatic ring is 1. The molecule has 5 heteroatoms. The van der Waals surface area contributed by atoms with Crippen molar-refractivity contribution in [1.82, 2.24) is 9.88 Å². The number of nitrogens with zero attached hydrogens (tertiary/aromatic N) is 2. The van der Waals surface area contributed by atoms with Gasteiger partial charge in [0.05, 0.1) is 16.4 Å². The van der Waals surface area contributed by atoms with Crippen molar-refractivity contribution in [3.8, 4) is 0 Å². The molecule has 0 aromatic carbocycles. The van der Waals surface area contributed by atoms with Gasteiger partial charge in [0.2, 0.25) is 0 Å². The lowest BCUT2D eigenvalue weighted by Gasteiger charge is -2.26. The number of hydrogen-bond donors (Lipinski definition) is 2. The number of nitrogens with one attached hydrogen (secondary N) is 1. The number of anilines is 2. The van der Waals surface area contributed by atoms with Crippen molar-refractivity contribution in [3.63, 3.8) is 0 Å². The van der Waals surface area contributed by atoms with Crippen LogP contribution in [0, 0.1) is 12.8 Å². The van der Waals surface area contributed by atoms with E-state index in [-0.39, 0.29) is 0 Å². The smallest absolute Gasteiger partial charge is 0.140 e. The lowest BCUT2D eigenvalue weighted by molar-refractivity contribution is 0.344. The van der Waals surface area contributed by atoms with Gasteiger partial charge in [-0.3, -0.25) is 0 Å². The monoisotopic (exact) mass is 314 g/mol. The number of rotatable bonds is 5. The van der Waals surface area contributed by atoms with Gasteiger partial charge in [-0.05, 0) is 48.4 Å². The molecule has 0 saturated heterocycles. The topological polar surface area (TPSA) is 54.2 Å². The van der Waals surface area contributed by atoms with Gasteiger partial charge in [-0.15, -0.1) is 0 Å². The van der Waals surface area contributed by atoms with Gasteiger partial charge in [-0.25, -0.2) is 4.98 Å². The minimum absolute atomic E-state index is 0.354. The molecule has 0 saturated carbocycles. The zero-order valence-electron chi connectivity index (χ0n) is 11.8. The molecule has 1 rings (SSSR count). The average molecular weight is 315 g/mol. The zero-order valence-corrected chi connectivity index (χ0v) is 13.4. The molecule has 0 aliphatic heterocycles. The zero-order chi connectivity index (χ0) is 13.9. The number of pyridine rings is 1. The summed E-state index contributed by atoms with van der Waals surface area (Å²) in [5.74, 6) is 1.39. The van der Waals surface area contributed by atoms with E-state index in [1.807, 2.05) is 6.92 Å². The fourth-order valence-corrected chi connectivity index (χ4v) is 2.13. The van der Waals surface area contributed by atoms with Crippen LogP contribution in [0.3, 0.4) is 0 Å². The first-order chi connectivity index (χ1) is 8.32. The summed E-state index contributed by atoms with van der Waals surface area (Å²) < 4.78 is 0.951. The molecule has 0 aliphatic rings. The molecule has 0 bridgehead atoms. The highest BCUT2D eigenvalue weighted by Crippen LogP contribution is 2.28. The number of likely N-dealkylation sites (N-methyl/N-ethyl adjacent to an activating group) is 1. The maximum absolute atomic E-state index is 5.83. The molecule has 102 valence electrons. The minimum atomic E-state index is 0.354. The highest BCUT2D eigenvalue weighted by Gasteiger charge is 2.17. The summed E-state index contributed by atoms with van der Waals surface area (Å²) in [6.07, 6.45) is 1.70. The van der Waals surface area contributed by atoms with E-state index in [2.05, 4.69) is 59.1 Å². The Balaban J connectivity index is 2.91. The van der Waals surface area contributed by atoms with Crippen molar-refractivity contribution in [1.29, 1.82) is 0 Å². The van der Waals surface area contributed by atoms with E-state index in [0.29, 0.717) is 17.6 Å². The third-order valence-corrected chi connectivity index (χ3v) is 3.96. The molecule has 4 nitrogen and oxygen atoms in total. The van der Waals surface area contributed by atoms with Gasteiger partial charge in [-0.1, -0.05) is 13.8 Å². The molecule has 0 amide bonds. The first-order valence-electron chi connectivity index (χ1n) is 6.14. The van der Waals surface area contributed by atoms with Gasteiger partial charge in [-0.2, -0.15) is 0 Å². The second kappa shape index (κ2) is 6.38. The summed E-state index contributed by atoms with van der Waals surface area (Å²) >= 11 is 3.56. The Hall–Kier alpha value is -0.810. The lowest BCUT2D eigenvalue weighted by Crippen LogP contribution is -2.36. The number of hydrogen-bond acceptors (Lipinski definition) is 4. The molecule has 3 N–H and O–H groups in total. The maximum Gasteiger partial charge on any atom is 0.140 e. The first-order valence-corrected chi connectivity index (χ1v) is 6.94. The van der Waals surface area contributed by atoms with Crippen LogP contribution in [-0.4, -0.2) is 36.6 Å². The Morgan fingerprint density at radius 3 is 2.56 bits per heavy atom. The molecular formula is C13H23BrN4. The molecule has 0 spiro atoms. The summed E-state index contributed by atoms with van der Waals surface area (Å²) in [5.41, 5.74) is 7.57. The van der Waals surface area contributed by atoms with Gasteiger partial charge in [0.1, 0.15) is 5.82 Å². The largest absolute Gasteiger partial charge is 0.397 e. The summed E-state index contributed by atoms with van der Waals surface area (Å²) in [7, 11) is 4.15. The van der Waals surface area contributed by atoms with Crippen molar-refractivity contribution in [2.45, 2.75) is 26.8 Å². The third kappa shape index (κ3) is 3.85. The summed E-state index contributed by atoms with van der Waals surface area (Å²) in [5, 5.41) is 3.49. The molecule has 18 heavy (non-hydrogen) atoms. The van der Waals surface area contributed by atoms with E-state index in [9.17, 15) is 0 Å². The summed E-state index contributed by atoms with van der Waals surface area (Å²) in [6, 6.07) is 0.354. The van der Waals surface area contributed by atoms with Crippen LogP contribution in [0.4, 0.5) is 11.5 Å². The van der Waals surface area contributed by atoms with Crippen LogP contribution in [0.2, 0.25) is 0 Å². The van der Waals surface area contributed by atoms with Gasteiger partial charge in [0.25, 0.3) is 0 Å². The second-order valence-electron chi connectivity index (χ2n) is 5.26. The van der Waals surface area contributed by atoms with Gasteiger partial charge < -0.3 is 16.0 Å². The van der Waals surface area contributed by atoms with Crippen LogP contribution in [-0.2, 0) is 0 Å². The Morgan fingerprint density at radius 2 is 2.06 bits per heavy atom. The van der Waals surface area contributed by atoms with Crippen LogP contribution in [0.5, 0.6) is 0 Å². The van der Waals surface area contributed by atoms with E-state index in [1.165, 1.54) is 0 Å². The summed E-state index contributed by atoms with van der Waals surface area (Å²) in [6.45, 7) is 7.37. The molecule has 1 aromatic rings. The minimum Gasteiger partial charge on any atom is -0.397 e. The Kier molecular flexibility index (Phi) is 5.41. The SMILES string of the molecule is Cc1c(N)cnc(NC(CN(C)C)C(C)C)c1Br. The molecule has 0 fully saturated rings. The second-order valence-corrected chi connectivity index (χ2v) is 6.05. The predicted octanol–water partition coefficient (Wildman–Crippen LogP) is 2.73. The van der Waals surface area contributed by atoms with Gasteiger partial charge in [0, 0.05) is 12.6 Å². The molecule has 1 heterocycles. The van der Waals surface area contributed by atoms with E-state index in [1.54, 1.807) is 6.20 Å².